The van der Waals surface area contributed by atoms with Crippen LogP contribution in [0.1, 0.15) is 184 Å². The molecule has 0 spiro atoms. The van der Waals surface area contributed by atoms with E-state index in [4.69, 9.17) is 10.8 Å². The van der Waals surface area contributed by atoms with Gasteiger partial charge in [0.1, 0.15) is 17.8 Å². The predicted octanol–water partition coefficient (Wildman–Crippen LogP) is 6.49. The van der Waals surface area contributed by atoms with E-state index in [-0.39, 0.29) is 38.1 Å². The molecule has 66 heavy (non-hydrogen) atoms. The largest absolute Gasteiger partial charge is 0.481 e. The molecule has 9 N–H and O–H groups in total. The molecule has 18 nitrogen and oxygen atoms in total. The Hall–Kier alpha value is -4.14. The van der Waals surface area contributed by atoms with Gasteiger partial charge in [-0.25, -0.2) is 0 Å². The number of hydrogen-bond donors (Lipinski definition) is 8. The molecule has 0 radical (unpaired) electrons. The van der Waals surface area contributed by atoms with Crippen molar-refractivity contribution in [3.63, 3.8) is 0 Å². The van der Waals surface area contributed by atoms with Gasteiger partial charge in [-0.05, 0) is 62.8 Å². The van der Waals surface area contributed by atoms with E-state index >= 15 is 0 Å². The number of carbonyl (C=O) groups excluding carboxylic acids is 5. The number of carboxylic acids is 1. The fourth-order valence-electron chi connectivity index (χ4n) is 7.45. The van der Waals surface area contributed by atoms with Crippen LogP contribution in [0.2, 0.25) is 0 Å². The van der Waals surface area contributed by atoms with E-state index in [2.05, 4.69) is 28.2 Å². The number of amides is 4. The number of carbonyl (C=O) groups is 6. The van der Waals surface area contributed by atoms with Crippen LogP contribution in [0.3, 0.4) is 0 Å². The summed E-state index contributed by atoms with van der Waals surface area (Å²) in [6.07, 6.45) is 20.9. The zero-order chi connectivity index (χ0) is 49.2. The third-order valence-electron chi connectivity index (χ3n) is 11.2. The number of ketones is 1. The maximum atomic E-state index is 13.3. The highest BCUT2D eigenvalue weighted by atomic mass is 32.2. The molecule has 0 aromatic heterocycles. The van der Waals surface area contributed by atoms with Gasteiger partial charge in [0.25, 0.3) is 26.1 Å². The van der Waals surface area contributed by atoms with E-state index < -0.39 is 85.6 Å². The van der Waals surface area contributed by atoms with E-state index in [0.29, 0.717) is 24.8 Å². The number of nitrogens with two attached hydrogens (primary N) is 1. The van der Waals surface area contributed by atoms with Crippen LogP contribution in [0, 0.1) is 5.92 Å². The summed E-state index contributed by atoms with van der Waals surface area (Å²) in [6, 6.07) is 3.82. The number of hydrogen-bond acceptors (Lipinski definition) is 11. The number of nitrogens with one attached hydrogen (secondary N) is 4. The Morgan fingerprint density at radius 3 is 1.53 bits per heavy atom. The number of primary amides is 1. The van der Waals surface area contributed by atoms with Crippen molar-refractivity contribution in [1.82, 2.24) is 16.0 Å². The van der Waals surface area contributed by atoms with Crippen LogP contribution in [0.5, 0.6) is 0 Å². The van der Waals surface area contributed by atoms with Gasteiger partial charge in [0.05, 0.1) is 11.7 Å². The Balaban J connectivity index is 2.49. The lowest BCUT2D eigenvalue weighted by molar-refractivity contribution is -0.137. The van der Waals surface area contributed by atoms with E-state index in [1.165, 1.54) is 51.4 Å². The van der Waals surface area contributed by atoms with Crippen LogP contribution in [0.15, 0.2) is 24.3 Å². The van der Waals surface area contributed by atoms with Crippen LogP contribution in [0.25, 0.3) is 0 Å². The van der Waals surface area contributed by atoms with Gasteiger partial charge in [0.2, 0.25) is 17.7 Å². The molecule has 0 aliphatic carbocycles. The minimum Gasteiger partial charge on any atom is -0.481 e. The topological polar surface area (TPSA) is 306 Å². The van der Waals surface area contributed by atoms with Gasteiger partial charge in [-0.3, -0.25) is 37.9 Å². The molecule has 0 heterocycles. The summed E-state index contributed by atoms with van der Waals surface area (Å²) in [5.41, 5.74) is 6.83. The highest BCUT2D eigenvalue weighted by molar-refractivity contribution is 7.86. The highest BCUT2D eigenvalue weighted by Gasteiger charge is 2.34. The average molecular weight is 974 g/mol. The molecular formula is C46H79N5O13S2. The molecule has 20 heteroatoms. The lowest BCUT2D eigenvalue weighted by Gasteiger charge is -2.22. The second kappa shape index (κ2) is 35.1. The van der Waals surface area contributed by atoms with E-state index in [1.807, 2.05) is 0 Å². The van der Waals surface area contributed by atoms with Crippen LogP contribution < -0.4 is 27.0 Å². The Kier molecular flexibility index (Phi) is 31.8. The molecule has 0 saturated carbocycles. The van der Waals surface area contributed by atoms with Crippen molar-refractivity contribution in [3.05, 3.63) is 29.8 Å². The quantitative estimate of drug-likeness (QED) is 0.0257. The zero-order valence-electron chi connectivity index (χ0n) is 39.1. The highest BCUT2D eigenvalue weighted by Crippen LogP contribution is 2.17. The summed E-state index contributed by atoms with van der Waals surface area (Å²) >= 11 is 0. The number of unbranched alkanes of at least 4 members (excludes halogenated alkanes) is 19. The molecule has 378 valence electrons. The molecule has 0 aliphatic heterocycles. The first-order chi connectivity index (χ1) is 31.3. The number of carboxylic acid groups (broad SMARTS) is 1. The van der Waals surface area contributed by atoms with Crippen molar-refractivity contribution in [2.24, 2.45) is 11.7 Å². The molecular weight excluding hydrogens is 895 g/mol. The Morgan fingerprint density at radius 2 is 1.08 bits per heavy atom. The van der Waals surface area contributed by atoms with Crippen LogP contribution in [-0.2, 0) is 44.2 Å². The van der Waals surface area contributed by atoms with Crippen molar-refractivity contribution in [3.8, 4) is 0 Å². The number of Topliss-reactive ketones (excluding diaryl/α,β-unsaturated/α-hetero) is 1. The normalized spacial score (nSPS) is 13.0. The molecule has 0 saturated heterocycles. The van der Waals surface area contributed by atoms with Crippen LogP contribution in [0.4, 0.5) is 5.69 Å². The number of anilines is 1. The maximum Gasteiger partial charge on any atom is 0.303 e. The summed E-state index contributed by atoms with van der Waals surface area (Å²) < 4.78 is 66.5. The lowest BCUT2D eigenvalue weighted by atomic mass is 9.98. The van der Waals surface area contributed by atoms with Gasteiger partial charge >= 0.3 is 5.97 Å². The minimum absolute atomic E-state index is 0.0208. The van der Waals surface area contributed by atoms with Gasteiger partial charge in [0.15, 0.2) is 5.78 Å². The Labute approximate surface area is 393 Å². The second-order valence-corrected chi connectivity index (χ2v) is 20.3. The van der Waals surface area contributed by atoms with E-state index in [9.17, 15) is 54.7 Å². The van der Waals surface area contributed by atoms with Crippen molar-refractivity contribution in [1.29, 1.82) is 0 Å². The van der Waals surface area contributed by atoms with E-state index in [1.54, 1.807) is 24.3 Å². The molecule has 3 atom stereocenters. The Bertz CT molecular complexity index is 1810. The molecule has 0 fully saturated rings. The average Bonchev–Trinajstić information content (AvgIpc) is 3.23. The first-order valence-electron chi connectivity index (χ1n) is 24.0. The fourth-order valence-corrected chi connectivity index (χ4v) is 8.92. The van der Waals surface area contributed by atoms with Crippen molar-refractivity contribution in [2.75, 3.05) is 29.9 Å². The molecule has 1 aromatic rings. The van der Waals surface area contributed by atoms with Gasteiger partial charge in [-0.2, -0.15) is 16.8 Å². The third-order valence-corrected chi connectivity index (χ3v) is 12.8. The smallest absolute Gasteiger partial charge is 0.303 e. The van der Waals surface area contributed by atoms with Gasteiger partial charge < -0.3 is 32.1 Å². The van der Waals surface area contributed by atoms with E-state index in [0.717, 1.165) is 76.4 Å². The second-order valence-electron chi connectivity index (χ2n) is 17.3. The molecule has 0 bridgehead atoms. The minimum atomic E-state index is -4.89. The molecule has 0 unspecified atom stereocenters. The number of benzene rings is 1. The van der Waals surface area contributed by atoms with Crippen molar-refractivity contribution in [2.45, 2.75) is 186 Å². The molecule has 1 aromatic carbocycles. The van der Waals surface area contributed by atoms with Crippen LogP contribution >= 0.6 is 0 Å². The molecule has 0 aliphatic rings. The summed E-state index contributed by atoms with van der Waals surface area (Å²) in [4.78, 5) is 74.7. The first kappa shape index (κ1) is 59.9. The summed E-state index contributed by atoms with van der Waals surface area (Å²) in [7, 11) is -9.73. The van der Waals surface area contributed by atoms with Gasteiger partial charge in [0, 0.05) is 43.6 Å². The summed E-state index contributed by atoms with van der Waals surface area (Å²) in [5.74, 6) is -9.27. The van der Waals surface area contributed by atoms with Gasteiger partial charge in [-0.1, -0.05) is 116 Å². The Morgan fingerprint density at radius 1 is 0.591 bits per heavy atom. The summed E-state index contributed by atoms with van der Waals surface area (Å²) in [6.45, 7) is 3.13. The van der Waals surface area contributed by atoms with Crippen molar-refractivity contribution < 1.29 is 59.8 Å². The fraction of sp³-hybridized carbons (Fsp3) is 0.739. The molecule has 4 amide bonds. The number of rotatable bonds is 42. The predicted molar refractivity (Wildman–Crippen MR) is 255 cm³/mol. The standard InChI is InChI=1S/C46H79N5O13S2/c1-2-3-31-48-38-29-27-36(28-30-38)45(57)49-32-23-22-24-39(44(47)56)51-46(58)37(34-65(59,60)61)33-41(52)40(35-66(62,63)64)50-42(53)25-20-18-16-14-12-10-8-6-4-5-7-9-11-13-15-17-19-21-26-43(54)55/h27-30,37,39-40,48H,2-26,31-35H2,1H3,(H2,47,56)(H,49,57)(H,50,53)(H,51,58)(H,54,55)(H,59,60,61)(H,62,63,64)/t37-,39-,40-/m0/s1. The van der Waals surface area contributed by atoms with Crippen LogP contribution in [-0.4, -0.2) is 103 Å². The lowest BCUT2D eigenvalue weighted by Crippen LogP contribution is -2.50. The zero-order valence-corrected chi connectivity index (χ0v) is 40.7. The first-order valence-corrected chi connectivity index (χ1v) is 27.2. The number of aliphatic carboxylic acids is 1. The molecule has 1 rings (SSSR count). The monoisotopic (exact) mass is 974 g/mol. The SMILES string of the molecule is CCCCNc1ccc(C(=O)NCCCC[C@H](NC(=O)[C@@H](CC(=O)[C@H](CS(=O)(=O)O)NC(=O)CCCCCCCCCCCCCCCCCCCCC(=O)O)CS(=O)(=O)O)C(N)=O)cc1. The van der Waals surface area contributed by atoms with Crippen molar-refractivity contribution >= 4 is 61.3 Å². The third kappa shape index (κ3) is 32.5. The van der Waals surface area contributed by atoms with Gasteiger partial charge in [-0.15, -0.1) is 0 Å². The summed E-state index contributed by atoms with van der Waals surface area (Å²) in [5, 5.41) is 19.3. The maximum absolute atomic E-state index is 13.3.